The Bertz CT molecular complexity index is 263. The fraction of sp³-hybridized carbons (Fsp3) is 0.500. The van der Waals surface area contributed by atoms with Gasteiger partial charge in [-0.2, -0.15) is 11.8 Å². The molecule has 72 valence electrons. The van der Waals surface area contributed by atoms with E-state index in [9.17, 15) is 0 Å². The van der Waals surface area contributed by atoms with Gasteiger partial charge < -0.3 is 5.32 Å². The molecule has 2 nitrogen and oxygen atoms in total. The maximum atomic E-state index is 4.38. The van der Waals surface area contributed by atoms with Gasteiger partial charge in [0.15, 0.2) is 0 Å². The van der Waals surface area contributed by atoms with Crippen LogP contribution in [0.5, 0.6) is 0 Å². The van der Waals surface area contributed by atoms with Crippen molar-refractivity contribution in [3.8, 4) is 0 Å². The lowest BCUT2D eigenvalue weighted by molar-refractivity contribution is 0.900. The summed E-state index contributed by atoms with van der Waals surface area (Å²) in [4.78, 5) is 4.38. The number of anilines is 1. The van der Waals surface area contributed by atoms with Crippen LogP contribution in [0.2, 0.25) is 0 Å². The first-order valence-corrected chi connectivity index (χ1v) is 5.81. The summed E-state index contributed by atoms with van der Waals surface area (Å²) >= 11 is 1.84. The second kappa shape index (κ2) is 5.12. The molecule has 1 heterocycles. The summed E-state index contributed by atoms with van der Waals surface area (Å²) < 4.78 is 0. The van der Waals surface area contributed by atoms with E-state index in [0.29, 0.717) is 6.04 Å². The first kappa shape index (κ1) is 10.4. The molecule has 1 aromatic heterocycles. The summed E-state index contributed by atoms with van der Waals surface area (Å²) in [6, 6.07) is 6.51. The molecule has 0 aliphatic rings. The van der Waals surface area contributed by atoms with Crippen LogP contribution in [0.3, 0.4) is 0 Å². The van der Waals surface area contributed by atoms with Gasteiger partial charge in [-0.25, -0.2) is 4.98 Å². The summed E-state index contributed by atoms with van der Waals surface area (Å²) in [5.41, 5.74) is 1.06. The van der Waals surface area contributed by atoms with Crippen LogP contribution in [0.25, 0.3) is 0 Å². The summed E-state index contributed by atoms with van der Waals surface area (Å²) in [5, 5.41) is 3.35. The lowest BCUT2D eigenvalue weighted by atomic mass is 10.3. The Morgan fingerprint density at radius 2 is 2.31 bits per heavy atom. The molecule has 1 atom stereocenters. The van der Waals surface area contributed by atoms with Crippen molar-refractivity contribution in [2.75, 3.05) is 17.3 Å². The fourth-order valence-corrected chi connectivity index (χ4v) is 1.75. The van der Waals surface area contributed by atoms with E-state index in [4.69, 9.17) is 0 Å². The standard InChI is InChI=1S/C10H16N2S/c1-8-5-4-6-10(11-8)12-9(2)7-13-3/h4-6,9H,7H2,1-3H3,(H,11,12). The highest BCUT2D eigenvalue weighted by molar-refractivity contribution is 7.98. The van der Waals surface area contributed by atoms with Crippen molar-refractivity contribution in [1.29, 1.82) is 0 Å². The average molecular weight is 196 g/mol. The van der Waals surface area contributed by atoms with Gasteiger partial charge in [-0.3, -0.25) is 0 Å². The lowest BCUT2D eigenvalue weighted by Crippen LogP contribution is -2.18. The van der Waals surface area contributed by atoms with Gasteiger partial charge in [-0.15, -0.1) is 0 Å². The number of nitrogens with one attached hydrogen (secondary N) is 1. The van der Waals surface area contributed by atoms with Crippen LogP contribution in [0.4, 0.5) is 5.82 Å². The first-order chi connectivity index (χ1) is 6.22. The van der Waals surface area contributed by atoms with Gasteiger partial charge in [-0.05, 0) is 32.2 Å². The van der Waals surface area contributed by atoms with Crippen LogP contribution in [0.15, 0.2) is 18.2 Å². The normalized spacial score (nSPS) is 12.5. The maximum absolute atomic E-state index is 4.38. The molecule has 0 aromatic carbocycles. The number of aryl methyl sites for hydroxylation is 1. The number of hydrogen-bond acceptors (Lipinski definition) is 3. The number of hydrogen-bond donors (Lipinski definition) is 1. The summed E-state index contributed by atoms with van der Waals surface area (Å²) in [6.45, 7) is 4.17. The van der Waals surface area contributed by atoms with Gasteiger partial charge in [0, 0.05) is 17.5 Å². The number of nitrogens with zero attached hydrogens (tertiary/aromatic N) is 1. The quantitative estimate of drug-likeness (QED) is 0.801. The highest BCUT2D eigenvalue weighted by Gasteiger charge is 2.00. The van der Waals surface area contributed by atoms with E-state index >= 15 is 0 Å². The van der Waals surface area contributed by atoms with E-state index in [-0.39, 0.29) is 0 Å². The van der Waals surface area contributed by atoms with Crippen LogP contribution in [-0.4, -0.2) is 23.0 Å². The molecule has 0 aliphatic heterocycles. The molecule has 0 aliphatic carbocycles. The predicted molar refractivity (Wildman–Crippen MR) is 60.4 cm³/mol. The molecule has 0 spiro atoms. The van der Waals surface area contributed by atoms with Crippen molar-refractivity contribution in [3.05, 3.63) is 23.9 Å². The van der Waals surface area contributed by atoms with Crippen LogP contribution in [0.1, 0.15) is 12.6 Å². The minimum absolute atomic E-state index is 0.476. The molecule has 1 rings (SSSR count). The Morgan fingerprint density at radius 1 is 1.54 bits per heavy atom. The summed E-state index contributed by atoms with van der Waals surface area (Å²) in [7, 11) is 0. The topological polar surface area (TPSA) is 24.9 Å². The monoisotopic (exact) mass is 196 g/mol. The highest BCUT2D eigenvalue weighted by Crippen LogP contribution is 2.07. The Labute approximate surface area is 84.1 Å². The second-order valence-electron chi connectivity index (χ2n) is 3.16. The zero-order valence-electron chi connectivity index (χ0n) is 8.37. The van der Waals surface area contributed by atoms with E-state index in [2.05, 4.69) is 23.5 Å². The third-order valence-corrected chi connectivity index (χ3v) is 2.53. The molecule has 1 aromatic rings. The minimum atomic E-state index is 0.476. The molecular formula is C10H16N2S. The summed E-state index contributed by atoms with van der Waals surface area (Å²) in [5.74, 6) is 2.08. The van der Waals surface area contributed by atoms with Crippen molar-refractivity contribution < 1.29 is 0 Å². The predicted octanol–water partition coefficient (Wildman–Crippen LogP) is 2.55. The van der Waals surface area contributed by atoms with Crippen molar-refractivity contribution in [2.24, 2.45) is 0 Å². The van der Waals surface area contributed by atoms with Crippen molar-refractivity contribution >= 4 is 17.6 Å². The molecule has 1 unspecified atom stereocenters. The third-order valence-electron chi connectivity index (χ3n) is 1.70. The minimum Gasteiger partial charge on any atom is -0.367 e. The zero-order chi connectivity index (χ0) is 9.68. The van der Waals surface area contributed by atoms with Gasteiger partial charge >= 0.3 is 0 Å². The number of thioether (sulfide) groups is 1. The van der Waals surface area contributed by atoms with Crippen LogP contribution in [-0.2, 0) is 0 Å². The molecule has 13 heavy (non-hydrogen) atoms. The number of aromatic nitrogens is 1. The summed E-state index contributed by atoms with van der Waals surface area (Å²) in [6.07, 6.45) is 2.11. The van der Waals surface area contributed by atoms with Crippen molar-refractivity contribution in [3.63, 3.8) is 0 Å². The van der Waals surface area contributed by atoms with Crippen LogP contribution in [0, 0.1) is 6.92 Å². The zero-order valence-corrected chi connectivity index (χ0v) is 9.19. The Morgan fingerprint density at radius 3 is 2.92 bits per heavy atom. The van der Waals surface area contributed by atoms with Gasteiger partial charge in [0.05, 0.1) is 0 Å². The lowest BCUT2D eigenvalue weighted by Gasteiger charge is -2.12. The van der Waals surface area contributed by atoms with Crippen LogP contribution >= 0.6 is 11.8 Å². The molecule has 0 radical (unpaired) electrons. The Hall–Kier alpha value is -0.700. The Balaban J connectivity index is 2.53. The van der Waals surface area contributed by atoms with Crippen molar-refractivity contribution in [2.45, 2.75) is 19.9 Å². The highest BCUT2D eigenvalue weighted by atomic mass is 32.2. The van der Waals surface area contributed by atoms with E-state index in [1.165, 1.54) is 0 Å². The molecular weight excluding hydrogens is 180 g/mol. The van der Waals surface area contributed by atoms with E-state index in [1.54, 1.807) is 0 Å². The van der Waals surface area contributed by atoms with Gasteiger partial charge in [-0.1, -0.05) is 6.07 Å². The first-order valence-electron chi connectivity index (χ1n) is 4.41. The number of pyridine rings is 1. The van der Waals surface area contributed by atoms with E-state index < -0.39 is 0 Å². The van der Waals surface area contributed by atoms with Gasteiger partial charge in [0.1, 0.15) is 5.82 Å². The smallest absolute Gasteiger partial charge is 0.126 e. The molecule has 1 N–H and O–H groups in total. The molecule has 0 saturated heterocycles. The second-order valence-corrected chi connectivity index (χ2v) is 4.08. The maximum Gasteiger partial charge on any atom is 0.126 e. The van der Waals surface area contributed by atoms with Crippen LogP contribution < -0.4 is 5.32 Å². The van der Waals surface area contributed by atoms with Gasteiger partial charge in [0.25, 0.3) is 0 Å². The van der Waals surface area contributed by atoms with Crippen molar-refractivity contribution in [1.82, 2.24) is 4.98 Å². The SMILES string of the molecule is CSCC(C)Nc1cccc(C)n1. The molecule has 3 heteroatoms. The Kier molecular flexibility index (Phi) is 4.09. The third kappa shape index (κ3) is 3.68. The van der Waals surface area contributed by atoms with Gasteiger partial charge in [0.2, 0.25) is 0 Å². The largest absolute Gasteiger partial charge is 0.367 e. The molecule has 0 amide bonds. The van der Waals surface area contributed by atoms with E-state index in [0.717, 1.165) is 17.3 Å². The molecule has 0 fully saturated rings. The fourth-order valence-electron chi connectivity index (χ4n) is 1.17. The average Bonchev–Trinajstić information content (AvgIpc) is 2.04. The van der Waals surface area contributed by atoms with E-state index in [1.807, 2.05) is 36.9 Å². The molecule has 0 saturated carbocycles. The molecule has 0 bridgehead atoms. The number of rotatable bonds is 4.